The van der Waals surface area contributed by atoms with Gasteiger partial charge in [-0.3, -0.25) is 10.1 Å². The average Bonchev–Trinajstić information content (AvgIpc) is 2.81. The molecule has 1 rings (SSSR count). The summed E-state index contributed by atoms with van der Waals surface area (Å²) in [7, 11) is 0. The second-order valence-corrected chi connectivity index (χ2v) is 3.24. The normalized spacial score (nSPS) is 11.2. The summed E-state index contributed by atoms with van der Waals surface area (Å²) in [5, 5.41) is 23.6. The highest BCUT2D eigenvalue weighted by atomic mass is 16.6. The van der Waals surface area contributed by atoms with Crippen molar-refractivity contribution in [2.75, 3.05) is 13.2 Å². The number of allylic oxidation sites excluding steroid dienone is 1. The number of hydrazone groups is 1. The number of hydrogen-bond donors (Lipinski definition) is 2. The van der Waals surface area contributed by atoms with E-state index in [1.807, 2.05) is 0 Å². The molecule has 0 fully saturated rings. The van der Waals surface area contributed by atoms with E-state index in [-0.39, 0.29) is 24.8 Å². The third kappa shape index (κ3) is 4.60. The number of hydrogen-bond acceptors (Lipinski definition) is 6. The lowest BCUT2D eigenvalue weighted by Crippen LogP contribution is -2.33. The van der Waals surface area contributed by atoms with Gasteiger partial charge in [-0.15, -0.1) is 0 Å². The summed E-state index contributed by atoms with van der Waals surface area (Å²) < 4.78 is 4.85. The van der Waals surface area contributed by atoms with Crippen LogP contribution >= 0.6 is 0 Å². The van der Waals surface area contributed by atoms with Gasteiger partial charge in [0.15, 0.2) is 0 Å². The number of urea groups is 1. The topological polar surface area (TPSA) is 135 Å². The molecule has 102 valence electrons. The molecule has 0 spiro atoms. The lowest BCUT2D eigenvalue weighted by atomic mass is 10.4. The molecule has 0 saturated heterocycles. The highest BCUT2D eigenvalue weighted by Gasteiger charge is 2.09. The van der Waals surface area contributed by atoms with Crippen molar-refractivity contribution in [1.29, 1.82) is 0 Å². The maximum Gasteiger partial charge on any atom is 0.433 e. The fraction of sp³-hybridized carbons (Fsp3) is 0.200. The van der Waals surface area contributed by atoms with Gasteiger partial charge < -0.3 is 15.3 Å². The molecule has 9 nitrogen and oxygen atoms in total. The Morgan fingerprint density at radius 3 is 2.89 bits per heavy atom. The van der Waals surface area contributed by atoms with Crippen LogP contribution in [0.5, 0.6) is 0 Å². The summed E-state index contributed by atoms with van der Waals surface area (Å²) in [5.41, 5.74) is 5.00. The largest absolute Gasteiger partial charge is 0.433 e. The standard InChI is InChI=1S/C10H12N4O5/c11-10(16)13(6-7-15)12-5-1-2-8-3-4-9(19-8)14(17)18/h1-5,15H,6-7H2,(H2,11,16). The monoisotopic (exact) mass is 268 g/mol. The first-order valence-corrected chi connectivity index (χ1v) is 5.17. The van der Waals surface area contributed by atoms with Gasteiger partial charge in [0.05, 0.1) is 19.2 Å². The number of nitrogens with zero attached hydrogens (tertiary/aromatic N) is 3. The minimum absolute atomic E-state index is 0.0219. The molecule has 0 atom stereocenters. The zero-order valence-electron chi connectivity index (χ0n) is 9.80. The molecule has 0 aliphatic rings. The second-order valence-electron chi connectivity index (χ2n) is 3.24. The van der Waals surface area contributed by atoms with E-state index >= 15 is 0 Å². The van der Waals surface area contributed by atoms with Gasteiger partial charge in [-0.25, -0.2) is 9.80 Å². The third-order valence-electron chi connectivity index (χ3n) is 1.91. The van der Waals surface area contributed by atoms with Gasteiger partial charge in [0.1, 0.15) is 10.7 Å². The van der Waals surface area contributed by atoms with Gasteiger partial charge >= 0.3 is 11.9 Å². The van der Waals surface area contributed by atoms with Crippen molar-refractivity contribution in [2.45, 2.75) is 0 Å². The number of rotatable bonds is 6. The molecule has 0 aliphatic carbocycles. The van der Waals surface area contributed by atoms with Gasteiger partial charge in [-0.1, -0.05) is 0 Å². The zero-order valence-corrected chi connectivity index (χ0v) is 9.80. The molecule has 0 saturated carbocycles. The molecule has 19 heavy (non-hydrogen) atoms. The Morgan fingerprint density at radius 1 is 1.63 bits per heavy atom. The van der Waals surface area contributed by atoms with Crippen LogP contribution in [0.3, 0.4) is 0 Å². The summed E-state index contributed by atoms with van der Waals surface area (Å²) in [6.45, 7) is -0.291. The molecular weight excluding hydrogens is 256 g/mol. The Labute approximate surface area is 107 Å². The Kier molecular flexibility index (Phi) is 5.23. The number of furan rings is 1. The van der Waals surface area contributed by atoms with E-state index in [0.29, 0.717) is 0 Å². The van der Waals surface area contributed by atoms with Gasteiger partial charge in [0.2, 0.25) is 0 Å². The van der Waals surface area contributed by atoms with Crippen LogP contribution in [0, 0.1) is 10.1 Å². The maximum absolute atomic E-state index is 10.8. The third-order valence-corrected chi connectivity index (χ3v) is 1.91. The first-order valence-electron chi connectivity index (χ1n) is 5.17. The quantitative estimate of drug-likeness (QED) is 0.441. The molecule has 9 heteroatoms. The molecule has 3 N–H and O–H groups in total. The van der Waals surface area contributed by atoms with Crippen molar-refractivity contribution >= 4 is 24.2 Å². The van der Waals surface area contributed by atoms with Gasteiger partial charge in [0, 0.05) is 6.21 Å². The number of primary amides is 1. The van der Waals surface area contributed by atoms with E-state index in [0.717, 1.165) is 5.01 Å². The number of carbonyl (C=O) groups is 1. The molecule has 0 unspecified atom stereocenters. The Balaban J connectivity index is 2.60. The van der Waals surface area contributed by atoms with Crippen molar-refractivity contribution in [3.8, 4) is 0 Å². The molecule has 0 aromatic carbocycles. The van der Waals surface area contributed by atoms with Gasteiger partial charge in [-0.05, 0) is 18.2 Å². The number of aliphatic hydroxyl groups excluding tert-OH is 1. The highest BCUT2D eigenvalue weighted by molar-refractivity contribution is 5.79. The summed E-state index contributed by atoms with van der Waals surface area (Å²) in [5.74, 6) is -0.0958. The SMILES string of the molecule is NC(=O)N(CCO)N=CC=Cc1ccc([N+](=O)[O-])o1. The average molecular weight is 268 g/mol. The summed E-state index contributed by atoms with van der Waals surface area (Å²) in [6.07, 6.45) is 4.08. The number of aliphatic hydroxyl groups is 1. The molecule has 1 aromatic heterocycles. The summed E-state index contributed by atoms with van der Waals surface area (Å²) >= 11 is 0. The predicted octanol–water partition coefficient (Wildman–Crippen LogP) is 0.560. The van der Waals surface area contributed by atoms with E-state index in [9.17, 15) is 14.9 Å². The van der Waals surface area contributed by atoms with Crippen molar-refractivity contribution in [3.63, 3.8) is 0 Å². The molecule has 0 aliphatic heterocycles. The lowest BCUT2D eigenvalue weighted by Gasteiger charge is -2.10. The minimum atomic E-state index is -0.799. The lowest BCUT2D eigenvalue weighted by molar-refractivity contribution is -0.402. The van der Waals surface area contributed by atoms with Gasteiger partial charge in [-0.2, -0.15) is 5.10 Å². The van der Waals surface area contributed by atoms with Crippen molar-refractivity contribution in [2.24, 2.45) is 10.8 Å². The number of nitro groups is 1. The van der Waals surface area contributed by atoms with Gasteiger partial charge in [0.25, 0.3) is 0 Å². The second kappa shape index (κ2) is 6.91. The van der Waals surface area contributed by atoms with Crippen LogP contribution in [-0.2, 0) is 0 Å². The molecule has 1 heterocycles. The first kappa shape index (κ1) is 14.4. The first-order chi connectivity index (χ1) is 9.04. The van der Waals surface area contributed by atoms with Crippen LogP contribution in [0.2, 0.25) is 0 Å². The van der Waals surface area contributed by atoms with E-state index < -0.39 is 11.0 Å². The van der Waals surface area contributed by atoms with E-state index in [2.05, 4.69) is 5.10 Å². The fourth-order valence-electron chi connectivity index (χ4n) is 1.11. The van der Waals surface area contributed by atoms with Crippen LogP contribution < -0.4 is 5.73 Å². The molecule has 2 amide bonds. The van der Waals surface area contributed by atoms with Crippen LogP contribution in [0.4, 0.5) is 10.7 Å². The molecular formula is C10H12N4O5. The highest BCUT2D eigenvalue weighted by Crippen LogP contribution is 2.16. The number of amides is 2. The number of carbonyl (C=O) groups excluding carboxylic acids is 1. The summed E-state index contributed by atoms with van der Waals surface area (Å²) in [4.78, 5) is 20.5. The van der Waals surface area contributed by atoms with Crippen molar-refractivity contribution in [1.82, 2.24) is 5.01 Å². The van der Waals surface area contributed by atoms with Crippen molar-refractivity contribution < 1.29 is 19.2 Å². The smallest absolute Gasteiger partial charge is 0.401 e. The van der Waals surface area contributed by atoms with E-state index in [1.54, 1.807) is 0 Å². The molecule has 0 bridgehead atoms. The predicted molar refractivity (Wildman–Crippen MR) is 66.3 cm³/mol. The van der Waals surface area contributed by atoms with Crippen LogP contribution in [0.15, 0.2) is 27.7 Å². The van der Waals surface area contributed by atoms with E-state index in [1.165, 1.54) is 30.5 Å². The molecule has 0 radical (unpaired) electrons. The van der Waals surface area contributed by atoms with Crippen LogP contribution in [-0.4, -0.2) is 40.4 Å². The summed E-state index contributed by atoms with van der Waals surface area (Å²) in [6, 6.07) is 1.84. The minimum Gasteiger partial charge on any atom is -0.401 e. The zero-order chi connectivity index (χ0) is 14.3. The molecule has 1 aromatic rings. The Hall–Kier alpha value is -2.68. The van der Waals surface area contributed by atoms with E-state index in [4.69, 9.17) is 15.3 Å². The van der Waals surface area contributed by atoms with Crippen molar-refractivity contribution in [3.05, 3.63) is 34.1 Å². The van der Waals surface area contributed by atoms with Crippen LogP contribution in [0.1, 0.15) is 5.76 Å². The Bertz CT molecular complexity index is 508. The van der Waals surface area contributed by atoms with Crippen LogP contribution in [0.25, 0.3) is 6.08 Å². The maximum atomic E-state index is 10.8. The fourth-order valence-corrected chi connectivity index (χ4v) is 1.11. The number of nitrogens with two attached hydrogens (primary N) is 1. The Morgan fingerprint density at radius 2 is 2.37 bits per heavy atom.